The summed E-state index contributed by atoms with van der Waals surface area (Å²) >= 11 is 1.78. The average molecular weight is 298 g/mol. The Kier molecular flexibility index (Phi) is 4.48. The van der Waals surface area contributed by atoms with Crippen LogP contribution in [-0.2, 0) is 19.5 Å². The molecule has 2 heterocycles. The Morgan fingerprint density at radius 3 is 2.76 bits per heavy atom. The Morgan fingerprint density at radius 1 is 1.14 bits per heavy atom. The largest absolute Gasteiger partial charge is 0.444 e. The van der Waals surface area contributed by atoms with Crippen LogP contribution in [0.1, 0.15) is 23.5 Å². The lowest BCUT2D eigenvalue weighted by molar-refractivity contribution is 0.439. The number of rotatable bonds is 6. The molecule has 2 aromatic heterocycles. The standard InChI is InChI=1S/C17H18N2OS/c1-2-15-9-19-17(20-15)11-18-10-16-8-14(12-21-16)13-6-4-3-5-7-13/h3-9,12,18H,2,10-11H2,1H3. The third-order valence-electron chi connectivity index (χ3n) is 3.29. The molecule has 0 fully saturated rings. The van der Waals surface area contributed by atoms with Crippen LogP contribution in [0.2, 0.25) is 0 Å². The van der Waals surface area contributed by atoms with Gasteiger partial charge in [0.15, 0.2) is 0 Å². The van der Waals surface area contributed by atoms with Crippen LogP contribution in [0.4, 0.5) is 0 Å². The molecular weight excluding hydrogens is 280 g/mol. The first-order chi connectivity index (χ1) is 10.3. The highest BCUT2D eigenvalue weighted by Crippen LogP contribution is 2.25. The minimum Gasteiger partial charge on any atom is -0.444 e. The summed E-state index contributed by atoms with van der Waals surface area (Å²) in [6, 6.07) is 12.7. The zero-order chi connectivity index (χ0) is 14.5. The number of benzene rings is 1. The van der Waals surface area contributed by atoms with Gasteiger partial charge in [-0.25, -0.2) is 4.98 Å². The van der Waals surface area contributed by atoms with Crippen molar-refractivity contribution in [3.05, 3.63) is 64.5 Å². The van der Waals surface area contributed by atoms with E-state index in [1.54, 1.807) is 17.5 Å². The predicted molar refractivity (Wildman–Crippen MR) is 86.2 cm³/mol. The third kappa shape index (κ3) is 3.60. The van der Waals surface area contributed by atoms with Gasteiger partial charge in [-0.1, -0.05) is 37.3 Å². The summed E-state index contributed by atoms with van der Waals surface area (Å²) in [4.78, 5) is 5.56. The lowest BCUT2D eigenvalue weighted by atomic mass is 10.1. The van der Waals surface area contributed by atoms with Crippen molar-refractivity contribution in [3.63, 3.8) is 0 Å². The van der Waals surface area contributed by atoms with E-state index in [-0.39, 0.29) is 0 Å². The maximum Gasteiger partial charge on any atom is 0.208 e. The van der Waals surface area contributed by atoms with Gasteiger partial charge < -0.3 is 9.73 Å². The van der Waals surface area contributed by atoms with Gasteiger partial charge in [0, 0.05) is 17.8 Å². The molecule has 0 radical (unpaired) electrons. The van der Waals surface area contributed by atoms with Crippen molar-refractivity contribution in [2.75, 3.05) is 0 Å². The normalized spacial score (nSPS) is 10.9. The second kappa shape index (κ2) is 6.70. The number of nitrogens with zero attached hydrogens (tertiary/aromatic N) is 1. The van der Waals surface area contributed by atoms with Gasteiger partial charge in [-0.2, -0.15) is 0 Å². The molecule has 0 amide bonds. The van der Waals surface area contributed by atoms with Crippen molar-refractivity contribution in [2.24, 2.45) is 0 Å². The predicted octanol–water partition coefficient (Wildman–Crippen LogP) is 4.26. The van der Waals surface area contributed by atoms with Gasteiger partial charge in [0.1, 0.15) is 5.76 Å². The molecule has 1 aromatic carbocycles. The van der Waals surface area contributed by atoms with Crippen molar-refractivity contribution in [3.8, 4) is 11.1 Å². The Balaban J connectivity index is 1.55. The summed E-state index contributed by atoms with van der Waals surface area (Å²) < 4.78 is 5.58. The number of nitrogens with one attached hydrogen (secondary N) is 1. The van der Waals surface area contributed by atoms with Gasteiger partial charge in [-0.15, -0.1) is 11.3 Å². The zero-order valence-corrected chi connectivity index (χ0v) is 12.8. The lowest BCUT2D eigenvalue weighted by Crippen LogP contribution is -2.11. The van der Waals surface area contributed by atoms with Gasteiger partial charge in [-0.05, 0) is 22.6 Å². The summed E-state index contributed by atoms with van der Waals surface area (Å²) in [5.74, 6) is 1.70. The van der Waals surface area contributed by atoms with Gasteiger partial charge in [-0.3, -0.25) is 0 Å². The number of aromatic nitrogens is 1. The molecule has 0 aliphatic rings. The van der Waals surface area contributed by atoms with Crippen LogP contribution in [0.5, 0.6) is 0 Å². The van der Waals surface area contributed by atoms with Crippen molar-refractivity contribution >= 4 is 11.3 Å². The molecule has 4 heteroatoms. The minimum atomic E-state index is 0.665. The molecule has 0 saturated carbocycles. The second-order valence-corrected chi connectivity index (χ2v) is 5.84. The molecule has 0 aliphatic heterocycles. The molecule has 0 saturated heterocycles. The SMILES string of the molecule is CCc1cnc(CNCc2cc(-c3ccccc3)cs2)o1. The highest BCUT2D eigenvalue weighted by Gasteiger charge is 2.04. The highest BCUT2D eigenvalue weighted by atomic mass is 32.1. The molecule has 3 rings (SSSR count). The molecular formula is C17H18N2OS. The van der Waals surface area contributed by atoms with Crippen LogP contribution in [0.25, 0.3) is 11.1 Å². The van der Waals surface area contributed by atoms with Crippen LogP contribution < -0.4 is 5.32 Å². The Morgan fingerprint density at radius 2 is 2.00 bits per heavy atom. The Hall–Kier alpha value is -1.91. The fourth-order valence-corrected chi connectivity index (χ4v) is 3.00. The van der Waals surface area contributed by atoms with E-state index in [4.69, 9.17) is 4.42 Å². The first-order valence-electron chi connectivity index (χ1n) is 7.12. The number of hydrogen-bond donors (Lipinski definition) is 1. The van der Waals surface area contributed by atoms with E-state index in [0.29, 0.717) is 6.54 Å². The monoisotopic (exact) mass is 298 g/mol. The molecule has 0 bridgehead atoms. The van der Waals surface area contributed by atoms with Crippen LogP contribution in [0.15, 0.2) is 52.4 Å². The molecule has 108 valence electrons. The van der Waals surface area contributed by atoms with E-state index >= 15 is 0 Å². The lowest BCUT2D eigenvalue weighted by Gasteiger charge is -1.99. The molecule has 0 unspecified atom stereocenters. The zero-order valence-electron chi connectivity index (χ0n) is 12.0. The summed E-state index contributed by atoms with van der Waals surface area (Å²) in [5, 5.41) is 5.58. The van der Waals surface area contributed by atoms with Crippen LogP contribution in [-0.4, -0.2) is 4.98 Å². The number of hydrogen-bond acceptors (Lipinski definition) is 4. The number of oxazole rings is 1. The van der Waals surface area contributed by atoms with E-state index in [2.05, 4.69) is 52.9 Å². The molecule has 0 atom stereocenters. The highest BCUT2D eigenvalue weighted by molar-refractivity contribution is 7.10. The van der Waals surface area contributed by atoms with Gasteiger partial charge in [0.05, 0.1) is 12.7 Å². The molecule has 1 N–H and O–H groups in total. The topological polar surface area (TPSA) is 38.1 Å². The Bertz CT molecular complexity index is 688. The fraction of sp³-hybridized carbons (Fsp3) is 0.235. The van der Waals surface area contributed by atoms with Crippen LogP contribution in [0, 0.1) is 0 Å². The first-order valence-corrected chi connectivity index (χ1v) is 8.00. The van der Waals surface area contributed by atoms with E-state index in [1.165, 1.54) is 16.0 Å². The summed E-state index contributed by atoms with van der Waals surface area (Å²) in [6.07, 6.45) is 2.69. The van der Waals surface area contributed by atoms with Crippen molar-refractivity contribution in [1.29, 1.82) is 0 Å². The van der Waals surface area contributed by atoms with E-state index in [9.17, 15) is 0 Å². The van der Waals surface area contributed by atoms with E-state index in [1.807, 2.05) is 6.07 Å². The smallest absolute Gasteiger partial charge is 0.208 e. The average Bonchev–Trinajstić information content (AvgIpc) is 3.17. The van der Waals surface area contributed by atoms with Crippen molar-refractivity contribution in [1.82, 2.24) is 10.3 Å². The maximum absolute atomic E-state index is 5.58. The summed E-state index contributed by atoms with van der Waals surface area (Å²) in [6.45, 7) is 3.56. The quantitative estimate of drug-likeness (QED) is 0.739. The molecule has 21 heavy (non-hydrogen) atoms. The molecule has 0 aliphatic carbocycles. The van der Waals surface area contributed by atoms with E-state index < -0.39 is 0 Å². The first kappa shape index (κ1) is 14.0. The second-order valence-electron chi connectivity index (χ2n) is 4.85. The van der Waals surface area contributed by atoms with Gasteiger partial charge in [0.25, 0.3) is 0 Å². The van der Waals surface area contributed by atoms with E-state index in [0.717, 1.165) is 24.6 Å². The maximum atomic E-state index is 5.58. The summed E-state index contributed by atoms with van der Waals surface area (Å²) in [7, 11) is 0. The number of thiophene rings is 1. The summed E-state index contributed by atoms with van der Waals surface area (Å²) in [5.41, 5.74) is 2.54. The molecule has 0 spiro atoms. The van der Waals surface area contributed by atoms with Gasteiger partial charge in [0.2, 0.25) is 5.89 Å². The number of aryl methyl sites for hydroxylation is 1. The van der Waals surface area contributed by atoms with Crippen molar-refractivity contribution < 1.29 is 4.42 Å². The van der Waals surface area contributed by atoms with Crippen LogP contribution in [0.3, 0.4) is 0 Å². The van der Waals surface area contributed by atoms with Gasteiger partial charge >= 0.3 is 0 Å². The Labute approximate surface area is 128 Å². The minimum absolute atomic E-state index is 0.665. The van der Waals surface area contributed by atoms with Crippen LogP contribution >= 0.6 is 11.3 Å². The third-order valence-corrected chi connectivity index (χ3v) is 4.22. The molecule has 3 aromatic rings. The van der Waals surface area contributed by atoms with Crippen molar-refractivity contribution in [2.45, 2.75) is 26.4 Å². The fourth-order valence-electron chi connectivity index (χ4n) is 2.14. The molecule has 3 nitrogen and oxygen atoms in total.